The standard InChI is InChI=1S/C22H27F3N4O/c1-15-5-3-4-6-18(15)14-27-9-11-28(12-10-27)21(30)16(2)29-19(17-7-8-17)13-20(26-29)22(23,24)25/h3-6,13,16-17H,7-12,14H2,1-2H3. The van der Waals surface area contributed by atoms with Crippen LogP contribution >= 0.6 is 0 Å². The number of aromatic nitrogens is 2. The fourth-order valence-corrected chi connectivity index (χ4v) is 4.07. The summed E-state index contributed by atoms with van der Waals surface area (Å²) in [6.45, 7) is 7.21. The number of benzene rings is 1. The van der Waals surface area contributed by atoms with Crippen LogP contribution in [-0.4, -0.2) is 51.7 Å². The molecule has 0 spiro atoms. The number of rotatable bonds is 5. The van der Waals surface area contributed by atoms with Crippen molar-refractivity contribution in [1.82, 2.24) is 19.6 Å². The van der Waals surface area contributed by atoms with Gasteiger partial charge in [-0.2, -0.15) is 18.3 Å². The Balaban J connectivity index is 1.41. The quantitative estimate of drug-likeness (QED) is 0.735. The van der Waals surface area contributed by atoms with Crippen LogP contribution < -0.4 is 0 Å². The van der Waals surface area contributed by atoms with Gasteiger partial charge >= 0.3 is 6.18 Å². The van der Waals surface area contributed by atoms with Gasteiger partial charge in [-0.05, 0) is 43.9 Å². The Morgan fingerprint density at radius 2 is 1.83 bits per heavy atom. The Kier molecular flexibility index (Phi) is 5.61. The number of carbonyl (C=O) groups excluding carboxylic acids is 1. The molecule has 162 valence electrons. The van der Waals surface area contributed by atoms with E-state index < -0.39 is 17.9 Å². The summed E-state index contributed by atoms with van der Waals surface area (Å²) in [5.74, 6) is -0.0842. The third kappa shape index (κ3) is 4.38. The SMILES string of the molecule is Cc1ccccc1CN1CCN(C(=O)C(C)n2nc(C(F)(F)F)cc2C2CC2)CC1. The molecule has 1 aliphatic carbocycles. The fourth-order valence-electron chi connectivity index (χ4n) is 4.07. The maximum Gasteiger partial charge on any atom is 0.435 e. The van der Waals surface area contributed by atoms with Crippen molar-refractivity contribution in [1.29, 1.82) is 0 Å². The van der Waals surface area contributed by atoms with Crippen molar-refractivity contribution in [3.05, 3.63) is 52.8 Å². The molecule has 2 fully saturated rings. The number of halogens is 3. The molecule has 1 aromatic carbocycles. The molecule has 1 atom stereocenters. The highest BCUT2D eigenvalue weighted by Gasteiger charge is 2.39. The van der Waals surface area contributed by atoms with Gasteiger partial charge in [0.1, 0.15) is 6.04 Å². The number of hydrogen-bond donors (Lipinski definition) is 0. The summed E-state index contributed by atoms with van der Waals surface area (Å²) in [6, 6.07) is 8.63. The van der Waals surface area contributed by atoms with E-state index in [-0.39, 0.29) is 11.8 Å². The maximum absolute atomic E-state index is 13.2. The van der Waals surface area contributed by atoms with Crippen molar-refractivity contribution in [2.75, 3.05) is 26.2 Å². The lowest BCUT2D eigenvalue weighted by Crippen LogP contribution is -2.50. The first-order chi connectivity index (χ1) is 14.2. The van der Waals surface area contributed by atoms with Crippen LogP contribution in [0.2, 0.25) is 0 Å². The molecule has 4 rings (SSSR count). The van der Waals surface area contributed by atoms with E-state index in [0.717, 1.165) is 38.5 Å². The van der Waals surface area contributed by atoms with Gasteiger partial charge in [0.05, 0.1) is 0 Å². The predicted octanol–water partition coefficient (Wildman–Crippen LogP) is 3.99. The molecule has 0 N–H and O–H groups in total. The number of hydrogen-bond acceptors (Lipinski definition) is 3. The van der Waals surface area contributed by atoms with Crippen molar-refractivity contribution in [3.8, 4) is 0 Å². The highest BCUT2D eigenvalue weighted by atomic mass is 19.4. The first-order valence-corrected chi connectivity index (χ1v) is 10.5. The highest BCUT2D eigenvalue weighted by Crippen LogP contribution is 2.43. The molecular weight excluding hydrogens is 393 g/mol. The lowest BCUT2D eigenvalue weighted by Gasteiger charge is -2.36. The van der Waals surface area contributed by atoms with E-state index in [2.05, 4.69) is 29.1 Å². The number of alkyl halides is 3. The third-order valence-corrected chi connectivity index (χ3v) is 6.11. The second kappa shape index (κ2) is 8.06. The largest absolute Gasteiger partial charge is 0.435 e. The van der Waals surface area contributed by atoms with E-state index in [1.165, 1.54) is 15.8 Å². The van der Waals surface area contributed by atoms with Gasteiger partial charge in [0.25, 0.3) is 0 Å². The van der Waals surface area contributed by atoms with Crippen molar-refractivity contribution in [2.24, 2.45) is 0 Å². The lowest BCUT2D eigenvalue weighted by atomic mass is 10.1. The second-order valence-corrected chi connectivity index (χ2v) is 8.37. The van der Waals surface area contributed by atoms with Crippen LogP contribution in [0, 0.1) is 6.92 Å². The van der Waals surface area contributed by atoms with E-state index in [1.807, 2.05) is 12.1 Å². The van der Waals surface area contributed by atoms with E-state index >= 15 is 0 Å². The van der Waals surface area contributed by atoms with E-state index in [4.69, 9.17) is 0 Å². The van der Waals surface area contributed by atoms with Crippen LogP contribution in [0.1, 0.15) is 54.2 Å². The summed E-state index contributed by atoms with van der Waals surface area (Å²) in [5, 5.41) is 3.77. The van der Waals surface area contributed by atoms with Crippen LogP contribution in [-0.2, 0) is 17.5 Å². The molecule has 2 aromatic rings. The Bertz CT molecular complexity index is 911. The maximum atomic E-state index is 13.2. The number of aryl methyl sites for hydroxylation is 1. The smallest absolute Gasteiger partial charge is 0.338 e. The number of carbonyl (C=O) groups is 1. The van der Waals surface area contributed by atoms with Crippen LogP contribution in [0.25, 0.3) is 0 Å². The summed E-state index contributed by atoms with van der Waals surface area (Å²) >= 11 is 0. The van der Waals surface area contributed by atoms with Crippen LogP contribution in [0.4, 0.5) is 13.2 Å². The summed E-state index contributed by atoms with van der Waals surface area (Å²) in [5.41, 5.74) is 2.14. The zero-order chi connectivity index (χ0) is 21.5. The topological polar surface area (TPSA) is 41.4 Å². The zero-order valence-electron chi connectivity index (χ0n) is 17.3. The average Bonchev–Trinajstić information content (AvgIpc) is 3.46. The minimum Gasteiger partial charge on any atom is -0.338 e. The van der Waals surface area contributed by atoms with Crippen LogP contribution in [0.15, 0.2) is 30.3 Å². The van der Waals surface area contributed by atoms with Gasteiger partial charge in [-0.1, -0.05) is 24.3 Å². The molecule has 2 aliphatic rings. The molecule has 1 saturated heterocycles. The van der Waals surface area contributed by atoms with Gasteiger partial charge in [-0.25, -0.2) is 0 Å². The summed E-state index contributed by atoms with van der Waals surface area (Å²) in [4.78, 5) is 17.1. The molecule has 1 aromatic heterocycles. The van der Waals surface area contributed by atoms with Gasteiger partial charge in [0.15, 0.2) is 5.69 Å². The predicted molar refractivity (Wildman–Crippen MR) is 107 cm³/mol. The minimum atomic E-state index is -4.50. The van der Waals surface area contributed by atoms with Crippen LogP contribution in [0.3, 0.4) is 0 Å². The molecule has 1 saturated carbocycles. The van der Waals surface area contributed by atoms with Gasteiger partial charge in [-0.15, -0.1) is 0 Å². The summed E-state index contributed by atoms with van der Waals surface area (Å²) in [7, 11) is 0. The molecule has 30 heavy (non-hydrogen) atoms. The van der Waals surface area contributed by atoms with Crippen molar-refractivity contribution < 1.29 is 18.0 Å². The van der Waals surface area contributed by atoms with Gasteiger partial charge in [-0.3, -0.25) is 14.4 Å². The highest BCUT2D eigenvalue weighted by molar-refractivity contribution is 5.80. The first-order valence-electron chi connectivity index (χ1n) is 10.5. The Morgan fingerprint density at radius 3 is 2.43 bits per heavy atom. The summed E-state index contributed by atoms with van der Waals surface area (Å²) < 4.78 is 40.8. The monoisotopic (exact) mass is 420 g/mol. The van der Waals surface area contributed by atoms with Crippen molar-refractivity contribution >= 4 is 5.91 Å². The molecule has 1 aliphatic heterocycles. The van der Waals surface area contributed by atoms with Crippen LogP contribution in [0.5, 0.6) is 0 Å². The minimum absolute atomic E-state index is 0.0785. The fraction of sp³-hybridized carbons (Fsp3) is 0.545. The molecular formula is C22H27F3N4O. The Hall–Kier alpha value is -2.35. The molecule has 0 bridgehead atoms. The summed E-state index contributed by atoms with van der Waals surface area (Å²) in [6.07, 6.45) is -2.80. The van der Waals surface area contributed by atoms with Gasteiger partial charge < -0.3 is 4.90 Å². The second-order valence-electron chi connectivity index (χ2n) is 8.37. The first kappa shape index (κ1) is 20.9. The molecule has 5 nitrogen and oxygen atoms in total. The number of amides is 1. The third-order valence-electron chi connectivity index (χ3n) is 6.11. The van der Waals surface area contributed by atoms with E-state index in [1.54, 1.807) is 11.8 Å². The number of nitrogens with zero attached hydrogens (tertiary/aromatic N) is 4. The van der Waals surface area contributed by atoms with E-state index in [0.29, 0.717) is 18.8 Å². The van der Waals surface area contributed by atoms with Crippen molar-refractivity contribution in [3.63, 3.8) is 0 Å². The molecule has 8 heteroatoms. The van der Waals surface area contributed by atoms with Gasteiger partial charge in [0.2, 0.25) is 5.91 Å². The Morgan fingerprint density at radius 1 is 1.17 bits per heavy atom. The zero-order valence-corrected chi connectivity index (χ0v) is 17.3. The number of piperazine rings is 1. The van der Waals surface area contributed by atoms with E-state index in [9.17, 15) is 18.0 Å². The normalized spacial score (nSPS) is 19.2. The molecule has 0 radical (unpaired) electrons. The lowest BCUT2D eigenvalue weighted by molar-refractivity contribution is -0.143. The molecule has 2 heterocycles. The molecule has 1 unspecified atom stereocenters. The molecule has 1 amide bonds. The van der Waals surface area contributed by atoms with Crippen molar-refractivity contribution in [2.45, 2.75) is 51.4 Å². The average molecular weight is 420 g/mol. The Labute approximate surface area is 174 Å². The van der Waals surface area contributed by atoms with Gasteiger partial charge in [0, 0.05) is 44.3 Å².